The van der Waals surface area contributed by atoms with Gasteiger partial charge >= 0.3 is 0 Å². The highest BCUT2D eigenvalue weighted by Crippen LogP contribution is 2.32. The highest BCUT2D eigenvalue weighted by atomic mass is 79.9. The van der Waals surface area contributed by atoms with Crippen molar-refractivity contribution in [1.82, 2.24) is 0 Å². The number of methoxy groups -OCH3 is 1. The molecular weight excluding hydrogens is 256 g/mol. The SMILES string of the molecule is CC.COc1cc2c(cc1Br)CCC2=O. The zero-order chi connectivity index (χ0) is 11.4. The van der Waals surface area contributed by atoms with Gasteiger partial charge in [-0.3, -0.25) is 4.79 Å². The summed E-state index contributed by atoms with van der Waals surface area (Å²) in [6.07, 6.45) is 1.49. The number of carbonyl (C=O) groups excluding carboxylic acids is 1. The van der Waals surface area contributed by atoms with E-state index in [2.05, 4.69) is 15.9 Å². The monoisotopic (exact) mass is 270 g/mol. The third-order valence-corrected chi connectivity index (χ3v) is 2.92. The van der Waals surface area contributed by atoms with E-state index in [0.717, 1.165) is 27.8 Å². The molecule has 0 heterocycles. The van der Waals surface area contributed by atoms with Crippen LogP contribution >= 0.6 is 15.9 Å². The minimum Gasteiger partial charge on any atom is -0.496 e. The molecule has 0 fully saturated rings. The van der Waals surface area contributed by atoms with E-state index in [0.29, 0.717) is 6.42 Å². The first kappa shape index (κ1) is 12.2. The van der Waals surface area contributed by atoms with E-state index >= 15 is 0 Å². The number of halogens is 1. The average Bonchev–Trinajstić information content (AvgIpc) is 2.61. The molecule has 0 aliphatic heterocycles. The van der Waals surface area contributed by atoms with Gasteiger partial charge in [-0.15, -0.1) is 0 Å². The molecule has 0 amide bonds. The number of hydrogen-bond donors (Lipinski definition) is 0. The highest BCUT2D eigenvalue weighted by molar-refractivity contribution is 9.10. The summed E-state index contributed by atoms with van der Waals surface area (Å²) in [4.78, 5) is 11.4. The number of carbonyl (C=O) groups is 1. The van der Waals surface area contributed by atoms with E-state index in [1.54, 1.807) is 7.11 Å². The van der Waals surface area contributed by atoms with Crippen LogP contribution in [0.1, 0.15) is 36.2 Å². The third kappa shape index (κ3) is 2.40. The lowest BCUT2D eigenvalue weighted by atomic mass is 10.1. The van der Waals surface area contributed by atoms with Crippen LogP contribution < -0.4 is 4.74 Å². The molecule has 1 aromatic carbocycles. The molecule has 82 valence electrons. The maximum atomic E-state index is 11.4. The molecule has 1 aromatic rings. The Bertz CT molecular complexity index is 372. The predicted octanol–water partition coefficient (Wildman–Crippen LogP) is 3.61. The van der Waals surface area contributed by atoms with Gasteiger partial charge in [0.05, 0.1) is 11.6 Å². The summed E-state index contributed by atoms with van der Waals surface area (Å²) in [5.74, 6) is 0.954. The van der Waals surface area contributed by atoms with Gasteiger partial charge in [0.2, 0.25) is 0 Å². The number of benzene rings is 1. The van der Waals surface area contributed by atoms with E-state index in [4.69, 9.17) is 4.74 Å². The fourth-order valence-corrected chi connectivity index (χ4v) is 2.15. The molecule has 0 saturated carbocycles. The zero-order valence-corrected chi connectivity index (χ0v) is 10.8. The standard InChI is InChI=1S/C10H9BrO2.C2H6/c1-13-10-5-7-6(4-8(10)11)2-3-9(7)12;1-2/h4-5H,2-3H2,1H3;1-2H3. The predicted molar refractivity (Wildman–Crippen MR) is 64.7 cm³/mol. The van der Waals surface area contributed by atoms with Crippen molar-refractivity contribution in [1.29, 1.82) is 0 Å². The van der Waals surface area contributed by atoms with Gasteiger partial charge in [0.15, 0.2) is 5.78 Å². The molecule has 0 aromatic heterocycles. The molecule has 15 heavy (non-hydrogen) atoms. The van der Waals surface area contributed by atoms with Gasteiger partial charge in [0, 0.05) is 12.0 Å². The lowest BCUT2D eigenvalue weighted by molar-refractivity contribution is 0.0994. The van der Waals surface area contributed by atoms with Gasteiger partial charge < -0.3 is 4.74 Å². The smallest absolute Gasteiger partial charge is 0.163 e. The van der Waals surface area contributed by atoms with Crippen LogP contribution in [0.5, 0.6) is 5.75 Å². The molecule has 0 radical (unpaired) electrons. The van der Waals surface area contributed by atoms with Crippen LogP contribution in [0.25, 0.3) is 0 Å². The summed E-state index contributed by atoms with van der Waals surface area (Å²) in [5.41, 5.74) is 1.94. The Balaban J connectivity index is 0.000000531. The Morgan fingerprint density at radius 2 is 1.93 bits per heavy atom. The Labute approximate surface area is 98.8 Å². The Morgan fingerprint density at radius 1 is 1.27 bits per heavy atom. The number of ether oxygens (including phenoxy) is 1. The van der Waals surface area contributed by atoms with Crippen LogP contribution in [0.4, 0.5) is 0 Å². The van der Waals surface area contributed by atoms with E-state index in [9.17, 15) is 4.79 Å². The molecule has 0 saturated heterocycles. The van der Waals surface area contributed by atoms with Gasteiger partial charge in [0.25, 0.3) is 0 Å². The van der Waals surface area contributed by atoms with Crippen LogP contribution in [0.15, 0.2) is 16.6 Å². The van der Waals surface area contributed by atoms with E-state index in [1.165, 1.54) is 0 Å². The first-order valence-corrected chi connectivity index (χ1v) is 5.91. The summed E-state index contributed by atoms with van der Waals surface area (Å²) in [6.45, 7) is 4.00. The number of fused-ring (bicyclic) bond motifs is 1. The van der Waals surface area contributed by atoms with Gasteiger partial charge in [-0.1, -0.05) is 13.8 Å². The molecule has 2 rings (SSSR count). The minimum absolute atomic E-state index is 0.223. The number of hydrogen-bond acceptors (Lipinski definition) is 2. The first-order valence-electron chi connectivity index (χ1n) is 5.12. The number of ketones is 1. The second kappa shape index (κ2) is 5.31. The van der Waals surface area contributed by atoms with Gasteiger partial charge in [-0.25, -0.2) is 0 Å². The molecule has 0 spiro atoms. The normalized spacial score (nSPS) is 12.9. The van der Waals surface area contributed by atoms with Crippen LogP contribution in [0.3, 0.4) is 0 Å². The molecule has 0 bridgehead atoms. The van der Waals surface area contributed by atoms with Gasteiger partial charge in [-0.05, 0) is 40.0 Å². The molecule has 3 heteroatoms. The van der Waals surface area contributed by atoms with Gasteiger partial charge in [-0.2, -0.15) is 0 Å². The first-order chi connectivity index (χ1) is 7.22. The third-order valence-electron chi connectivity index (χ3n) is 2.30. The molecule has 1 aliphatic carbocycles. The maximum absolute atomic E-state index is 11.4. The van der Waals surface area contributed by atoms with Crippen molar-refractivity contribution in [2.75, 3.05) is 7.11 Å². The van der Waals surface area contributed by atoms with Crippen molar-refractivity contribution in [3.8, 4) is 5.75 Å². The minimum atomic E-state index is 0.223. The Morgan fingerprint density at radius 3 is 2.53 bits per heavy atom. The fraction of sp³-hybridized carbons (Fsp3) is 0.417. The lowest BCUT2D eigenvalue weighted by Crippen LogP contribution is -1.93. The number of Topliss-reactive ketones (excluding diaryl/α,β-unsaturated/α-hetero) is 1. The van der Waals surface area contributed by atoms with Crippen LogP contribution in [-0.2, 0) is 6.42 Å². The Kier molecular flexibility index (Phi) is 4.33. The van der Waals surface area contributed by atoms with Crippen LogP contribution in [0.2, 0.25) is 0 Å². The molecule has 2 nitrogen and oxygen atoms in total. The van der Waals surface area contributed by atoms with Gasteiger partial charge in [0.1, 0.15) is 5.75 Å². The second-order valence-corrected chi connectivity index (χ2v) is 3.92. The summed E-state index contributed by atoms with van der Waals surface area (Å²) in [7, 11) is 1.60. The summed E-state index contributed by atoms with van der Waals surface area (Å²) < 4.78 is 6.04. The maximum Gasteiger partial charge on any atom is 0.163 e. The van der Waals surface area contributed by atoms with Crippen LogP contribution in [-0.4, -0.2) is 12.9 Å². The van der Waals surface area contributed by atoms with E-state index in [1.807, 2.05) is 26.0 Å². The quantitative estimate of drug-likeness (QED) is 0.779. The van der Waals surface area contributed by atoms with E-state index in [-0.39, 0.29) is 5.78 Å². The highest BCUT2D eigenvalue weighted by Gasteiger charge is 2.21. The molecule has 0 N–H and O–H groups in total. The average molecular weight is 271 g/mol. The largest absolute Gasteiger partial charge is 0.496 e. The van der Waals surface area contributed by atoms with Crippen molar-refractivity contribution in [2.45, 2.75) is 26.7 Å². The summed E-state index contributed by atoms with van der Waals surface area (Å²) in [5, 5.41) is 0. The Hall–Kier alpha value is -0.830. The van der Waals surface area contributed by atoms with Crippen molar-refractivity contribution < 1.29 is 9.53 Å². The summed E-state index contributed by atoms with van der Waals surface area (Å²) in [6, 6.07) is 3.79. The van der Waals surface area contributed by atoms with Crippen molar-refractivity contribution >= 4 is 21.7 Å². The van der Waals surface area contributed by atoms with Crippen molar-refractivity contribution in [2.24, 2.45) is 0 Å². The second-order valence-electron chi connectivity index (χ2n) is 3.07. The molecule has 0 atom stereocenters. The van der Waals surface area contributed by atoms with E-state index < -0.39 is 0 Å². The number of aryl methyl sites for hydroxylation is 1. The number of rotatable bonds is 1. The molecule has 0 unspecified atom stereocenters. The molecular formula is C12H15BrO2. The van der Waals surface area contributed by atoms with Crippen molar-refractivity contribution in [3.05, 3.63) is 27.7 Å². The zero-order valence-electron chi connectivity index (χ0n) is 9.26. The summed E-state index contributed by atoms with van der Waals surface area (Å²) >= 11 is 3.39. The lowest BCUT2D eigenvalue weighted by Gasteiger charge is -2.05. The van der Waals surface area contributed by atoms with Crippen LogP contribution in [0, 0.1) is 0 Å². The van der Waals surface area contributed by atoms with Crippen molar-refractivity contribution in [3.63, 3.8) is 0 Å². The topological polar surface area (TPSA) is 26.3 Å². The molecule has 1 aliphatic rings. The fourth-order valence-electron chi connectivity index (χ4n) is 1.60.